The van der Waals surface area contributed by atoms with Gasteiger partial charge in [0.1, 0.15) is 6.54 Å². The summed E-state index contributed by atoms with van der Waals surface area (Å²) in [6.07, 6.45) is 0. The van der Waals surface area contributed by atoms with Gasteiger partial charge in [-0.15, -0.1) is 0 Å². The summed E-state index contributed by atoms with van der Waals surface area (Å²) in [5.74, 6) is -0.817. The molecule has 0 spiro atoms. The molecule has 3 rings (SSSR count). The summed E-state index contributed by atoms with van der Waals surface area (Å²) in [4.78, 5) is 24.0. The summed E-state index contributed by atoms with van der Waals surface area (Å²) >= 11 is 3.38. The highest BCUT2D eigenvalue weighted by atomic mass is 79.9. The van der Waals surface area contributed by atoms with Gasteiger partial charge >= 0.3 is 5.76 Å². The number of hydrogen-bond acceptors (Lipinski definition) is 3. The average Bonchev–Trinajstić information content (AvgIpc) is 2.78. The normalized spacial score (nSPS) is 10.8. The molecular formula is C16H13BrN2O3. The summed E-state index contributed by atoms with van der Waals surface area (Å²) in [6, 6.07) is 12.6. The van der Waals surface area contributed by atoms with E-state index in [2.05, 4.69) is 21.2 Å². The van der Waals surface area contributed by atoms with Gasteiger partial charge in [-0.1, -0.05) is 28.1 Å². The highest BCUT2D eigenvalue weighted by Gasteiger charge is 2.13. The summed E-state index contributed by atoms with van der Waals surface area (Å²) < 4.78 is 7.37. The molecule has 6 heteroatoms. The number of hydrogen-bond donors (Lipinski definition) is 1. The molecule has 5 nitrogen and oxygen atoms in total. The molecule has 0 atom stereocenters. The Morgan fingerprint density at radius 2 is 2.05 bits per heavy atom. The Balaban J connectivity index is 1.84. The molecule has 0 aliphatic carbocycles. The third-order valence-electron chi connectivity index (χ3n) is 3.34. The Morgan fingerprint density at radius 3 is 2.82 bits per heavy atom. The van der Waals surface area contributed by atoms with Crippen LogP contribution in [0.25, 0.3) is 11.1 Å². The number of oxazole rings is 1. The van der Waals surface area contributed by atoms with Crippen molar-refractivity contribution in [3.05, 3.63) is 63.1 Å². The first-order valence-electron chi connectivity index (χ1n) is 6.69. The van der Waals surface area contributed by atoms with Crippen LogP contribution in [0, 0.1) is 6.92 Å². The molecule has 0 bridgehead atoms. The van der Waals surface area contributed by atoms with Gasteiger partial charge in [0, 0.05) is 10.2 Å². The van der Waals surface area contributed by atoms with Crippen molar-refractivity contribution in [1.82, 2.24) is 4.57 Å². The van der Waals surface area contributed by atoms with E-state index >= 15 is 0 Å². The lowest BCUT2D eigenvalue weighted by Gasteiger charge is -2.09. The summed E-state index contributed by atoms with van der Waals surface area (Å²) in [5, 5.41) is 2.81. The number of halogens is 1. The molecule has 1 N–H and O–H groups in total. The van der Waals surface area contributed by atoms with E-state index in [1.807, 2.05) is 25.1 Å². The minimum Gasteiger partial charge on any atom is -0.408 e. The minimum atomic E-state index is -0.538. The van der Waals surface area contributed by atoms with Gasteiger partial charge in [0.15, 0.2) is 5.58 Å². The van der Waals surface area contributed by atoms with Gasteiger partial charge in [0.05, 0.1) is 5.52 Å². The first-order valence-corrected chi connectivity index (χ1v) is 7.48. The lowest BCUT2D eigenvalue weighted by molar-refractivity contribution is -0.116. The number of anilines is 1. The number of nitrogens with one attached hydrogen (secondary N) is 1. The van der Waals surface area contributed by atoms with E-state index in [9.17, 15) is 9.59 Å². The van der Waals surface area contributed by atoms with Crippen LogP contribution in [0.2, 0.25) is 0 Å². The van der Waals surface area contributed by atoms with Crippen LogP contribution in [0.3, 0.4) is 0 Å². The van der Waals surface area contributed by atoms with Gasteiger partial charge < -0.3 is 9.73 Å². The fourth-order valence-corrected chi connectivity index (χ4v) is 2.74. The molecule has 1 aromatic heterocycles. The Bertz CT molecular complexity index is 911. The Kier molecular flexibility index (Phi) is 3.85. The second kappa shape index (κ2) is 5.81. The first kappa shape index (κ1) is 14.6. The van der Waals surface area contributed by atoms with Crippen LogP contribution in [-0.4, -0.2) is 10.5 Å². The Labute approximate surface area is 134 Å². The molecule has 3 aromatic rings. The molecule has 112 valence electrons. The van der Waals surface area contributed by atoms with Crippen LogP contribution in [0.5, 0.6) is 0 Å². The molecule has 1 heterocycles. The largest absolute Gasteiger partial charge is 0.420 e. The zero-order valence-electron chi connectivity index (χ0n) is 11.8. The van der Waals surface area contributed by atoms with Crippen LogP contribution in [0.1, 0.15) is 5.56 Å². The molecule has 22 heavy (non-hydrogen) atoms. The molecule has 0 unspecified atom stereocenters. The predicted molar refractivity (Wildman–Crippen MR) is 88.0 cm³/mol. The molecule has 0 saturated carbocycles. The second-order valence-corrected chi connectivity index (χ2v) is 5.84. The SMILES string of the molecule is Cc1cc(Br)ccc1NC(=O)Cn1c(=O)oc2ccccc21. The van der Waals surface area contributed by atoms with Crippen molar-refractivity contribution in [1.29, 1.82) is 0 Å². The van der Waals surface area contributed by atoms with E-state index < -0.39 is 5.76 Å². The predicted octanol–water partition coefficient (Wildman–Crippen LogP) is 3.30. The summed E-state index contributed by atoms with van der Waals surface area (Å²) in [5.41, 5.74) is 2.73. The number of aryl methyl sites for hydroxylation is 1. The van der Waals surface area contributed by atoms with Crippen molar-refractivity contribution in [2.75, 3.05) is 5.32 Å². The average molecular weight is 361 g/mol. The maximum Gasteiger partial charge on any atom is 0.420 e. The maximum absolute atomic E-state index is 12.2. The smallest absolute Gasteiger partial charge is 0.408 e. The van der Waals surface area contributed by atoms with Gasteiger partial charge in [-0.3, -0.25) is 9.36 Å². The molecular weight excluding hydrogens is 348 g/mol. The number of benzene rings is 2. The van der Waals surface area contributed by atoms with Crippen LogP contribution in [0.15, 0.2) is 56.1 Å². The number of carbonyl (C=O) groups is 1. The molecule has 0 saturated heterocycles. The molecule has 0 fully saturated rings. The standard InChI is InChI=1S/C16H13BrN2O3/c1-10-8-11(17)6-7-12(10)18-15(20)9-19-13-4-2-3-5-14(13)22-16(19)21/h2-8H,9H2,1H3,(H,18,20). The van der Waals surface area contributed by atoms with Gasteiger partial charge in [-0.25, -0.2) is 4.79 Å². The second-order valence-electron chi connectivity index (χ2n) is 4.93. The lowest BCUT2D eigenvalue weighted by atomic mass is 10.2. The monoisotopic (exact) mass is 360 g/mol. The van der Waals surface area contributed by atoms with Crippen molar-refractivity contribution in [2.45, 2.75) is 13.5 Å². The maximum atomic E-state index is 12.2. The lowest BCUT2D eigenvalue weighted by Crippen LogP contribution is -2.25. The van der Waals surface area contributed by atoms with Gasteiger partial charge in [-0.2, -0.15) is 0 Å². The Morgan fingerprint density at radius 1 is 1.27 bits per heavy atom. The third kappa shape index (κ3) is 2.82. The third-order valence-corrected chi connectivity index (χ3v) is 3.83. The van der Waals surface area contributed by atoms with Gasteiger partial charge in [0.2, 0.25) is 5.91 Å². The van der Waals surface area contributed by atoms with E-state index in [-0.39, 0.29) is 12.5 Å². The van der Waals surface area contributed by atoms with Crippen molar-refractivity contribution < 1.29 is 9.21 Å². The zero-order valence-corrected chi connectivity index (χ0v) is 13.4. The minimum absolute atomic E-state index is 0.0919. The fraction of sp³-hybridized carbons (Fsp3) is 0.125. The number of fused-ring (bicyclic) bond motifs is 1. The van der Waals surface area contributed by atoms with E-state index in [4.69, 9.17) is 4.42 Å². The summed E-state index contributed by atoms with van der Waals surface area (Å²) in [6.45, 7) is 1.81. The topological polar surface area (TPSA) is 64.2 Å². The molecule has 2 aromatic carbocycles. The zero-order chi connectivity index (χ0) is 15.7. The van der Waals surface area contributed by atoms with Crippen LogP contribution in [0.4, 0.5) is 5.69 Å². The first-order chi connectivity index (χ1) is 10.5. The van der Waals surface area contributed by atoms with Crippen LogP contribution in [-0.2, 0) is 11.3 Å². The van der Waals surface area contributed by atoms with Crippen LogP contribution < -0.4 is 11.1 Å². The van der Waals surface area contributed by atoms with Crippen molar-refractivity contribution in [3.63, 3.8) is 0 Å². The number of carbonyl (C=O) groups excluding carboxylic acids is 1. The molecule has 0 radical (unpaired) electrons. The number of para-hydroxylation sites is 2. The number of rotatable bonds is 3. The van der Waals surface area contributed by atoms with E-state index in [1.54, 1.807) is 24.3 Å². The highest BCUT2D eigenvalue weighted by Crippen LogP contribution is 2.20. The fourth-order valence-electron chi connectivity index (χ4n) is 2.26. The highest BCUT2D eigenvalue weighted by molar-refractivity contribution is 9.10. The van der Waals surface area contributed by atoms with Crippen molar-refractivity contribution in [2.24, 2.45) is 0 Å². The number of aromatic nitrogens is 1. The molecule has 1 amide bonds. The van der Waals surface area contributed by atoms with E-state index in [0.717, 1.165) is 10.0 Å². The Hall–Kier alpha value is -2.34. The molecule has 0 aliphatic heterocycles. The number of nitrogens with zero attached hydrogens (tertiary/aromatic N) is 1. The van der Waals surface area contributed by atoms with E-state index in [0.29, 0.717) is 16.8 Å². The van der Waals surface area contributed by atoms with Crippen molar-refractivity contribution >= 4 is 38.6 Å². The summed E-state index contributed by atoms with van der Waals surface area (Å²) in [7, 11) is 0. The van der Waals surface area contributed by atoms with Gasteiger partial charge in [0.25, 0.3) is 0 Å². The van der Waals surface area contributed by atoms with Crippen LogP contribution >= 0.6 is 15.9 Å². The number of amides is 1. The van der Waals surface area contributed by atoms with Crippen molar-refractivity contribution in [3.8, 4) is 0 Å². The quantitative estimate of drug-likeness (QED) is 0.779. The van der Waals surface area contributed by atoms with E-state index in [1.165, 1.54) is 4.57 Å². The van der Waals surface area contributed by atoms with Gasteiger partial charge in [-0.05, 0) is 42.8 Å². The molecule has 0 aliphatic rings.